The predicted molar refractivity (Wildman–Crippen MR) is 93.8 cm³/mol. The molecule has 1 aliphatic carbocycles. The summed E-state index contributed by atoms with van der Waals surface area (Å²) >= 11 is 0. The Morgan fingerprint density at radius 2 is 1.14 bits per heavy atom. The summed E-state index contributed by atoms with van der Waals surface area (Å²) in [4.78, 5) is 0. The minimum atomic E-state index is 1.28. The first-order chi connectivity index (χ1) is 10.9. The fraction of sp³-hybridized carbons (Fsp3) is 0. The molecule has 0 heteroatoms. The van der Waals surface area contributed by atoms with E-state index in [1.165, 1.54) is 44.2 Å². The van der Waals surface area contributed by atoms with E-state index in [1.807, 2.05) is 0 Å². The number of hydrogen-bond donors (Lipinski definition) is 0. The van der Waals surface area contributed by atoms with E-state index in [-0.39, 0.29) is 0 Å². The minimum absolute atomic E-state index is 1.28. The van der Waals surface area contributed by atoms with Gasteiger partial charge in [-0.3, -0.25) is 0 Å². The Hall–Kier alpha value is -2.86. The molecule has 5 rings (SSSR count). The first-order valence-corrected chi connectivity index (χ1v) is 7.64. The highest BCUT2D eigenvalue weighted by Crippen LogP contribution is 2.50. The lowest BCUT2D eigenvalue weighted by molar-refractivity contribution is 1.64. The summed E-state index contributed by atoms with van der Waals surface area (Å²) in [5.74, 6) is 0. The highest BCUT2D eigenvalue weighted by molar-refractivity contribution is 6.19. The second kappa shape index (κ2) is 4.32. The standard InChI is InChI=1S/C22H14/c1-2-7-15(8-3-1)17-14-13-16-9-6-12-19-18-10-4-5-11-20(18)22(17)21(16)19/h1-14H. The van der Waals surface area contributed by atoms with E-state index in [9.17, 15) is 0 Å². The highest BCUT2D eigenvalue weighted by atomic mass is 14.3. The smallest absolute Gasteiger partial charge is 0.00143 e. The molecule has 0 N–H and O–H groups in total. The average Bonchev–Trinajstić information content (AvgIpc) is 2.93. The molecule has 0 heterocycles. The van der Waals surface area contributed by atoms with Gasteiger partial charge in [0.05, 0.1) is 0 Å². The van der Waals surface area contributed by atoms with Gasteiger partial charge in [0.25, 0.3) is 0 Å². The molecule has 0 saturated heterocycles. The van der Waals surface area contributed by atoms with E-state index in [0.29, 0.717) is 0 Å². The van der Waals surface area contributed by atoms with Crippen LogP contribution in [0.4, 0.5) is 0 Å². The zero-order chi connectivity index (χ0) is 14.5. The van der Waals surface area contributed by atoms with Gasteiger partial charge in [0.1, 0.15) is 0 Å². The Kier molecular flexibility index (Phi) is 2.31. The first kappa shape index (κ1) is 11.8. The molecule has 0 saturated carbocycles. The second-order valence-corrected chi connectivity index (χ2v) is 5.80. The predicted octanol–water partition coefficient (Wildman–Crippen LogP) is 6.15. The van der Waals surface area contributed by atoms with E-state index in [4.69, 9.17) is 0 Å². The summed E-state index contributed by atoms with van der Waals surface area (Å²) in [7, 11) is 0. The maximum atomic E-state index is 2.26. The van der Waals surface area contributed by atoms with Crippen LogP contribution in [0.1, 0.15) is 0 Å². The number of rotatable bonds is 1. The molecule has 1 aliphatic rings. The largest absolute Gasteiger partial charge is 0.0622 e. The summed E-state index contributed by atoms with van der Waals surface area (Å²) in [5.41, 5.74) is 8.06. The van der Waals surface area contributed by atoms with Crippen molar-refractivity contribution in [3.05, 3.63) is 84.9 Å². The van der Waals surface area contributed by atoms with Crippen LogP contribution in [-0.2, 0) is 0 Å². The second-order valence-electron chi connectivity index (χ2n) is 5.80. The monoisotopic (exact) mass is 278 g/mol. The molecule has 4 aromatic carbocycles. The first-order valence-electron chi connectivity index (χ1n) is 7.64. The van der Waals surface area contributed by atoms with Gasteiger partial charge in [-0.1, -0.05) is 84.9 Å². The van der Waals surface area contributed by atoms with Gasteiger partial charge in [-0.2, -0.15) is 0 Å². The Balaban J connectivity index is 1.98. The van der Waals surface area contributed by atoms with Gasteiger partial charge in [0, 0.05) is 0 Å². The molecule has 22 heavy (non-hydrogen) atoms. The van der Waals surface area contributed by atoms with Gasteiger partial charge >= 0.3 is 0 Å². The molecule has 0 aromatic heterocycles. The number of hydrogen-bond acceptors (Lipinski definition) is 0. The zero-order valence-corrected chi connectivity index (χ0v) is 12.1. The Morgan fingerprint density at radius 3 is 2.00 bits per heavy atom. The molecule has 0 amide bonds. The van der Waals surface area contributed by atoms with E-state index >= 15 is 0 Å². The van der Waals surface area contributed by atoms with E-state index in [1.54, 1.807) is 0 Å². The third-order valence-corrected chi connectivity index (χ3v) is 4.62. The van der Waals surface area contributed by atoms with Crippen molar-refractivity contribution in [1.82, 2.24) is 0 Å². The molecule has 4 aromatic rings. The van der Waals surface area contributed by atoms with Crippen LogP contribution in [0.15, 0.2) is 84.9 Å². The van der Waals surface area contributed by atoms with E-state index < -0.39 is 0 Å². The van der Waals surface area contributed by atoms with Gasteiger partial charge in [-0.15, -0.1) is 0 Å². The van der Waals surface area contributed by atoms with Crippen LogP contribution in [0.5, 0.6) is 0 Å². The van der Waals surface area contributed by atoms with Crippen LogP contribution in [0, 0.1) is 0 Å². The van der Waals surface area contributed by atoms with Crippen molar-refractivity contribution in [3.63, 3.8) is 0 Å². The van der Waals surface area contributed by atoms with E-state index in [2.05, 4.69) is 84.9 Å². The fourth-order valence-corrected chi connectivity index (χ4v) is 3.68. The Bertz CT molecular complexity index is 1010. The number of benzene rings is 4. The maximum absolute atomic E-state index is 2.26. The lowest BCUT2D eigenvalue weighted by Crippen LogP contribution is -1.84. The summed E-state index contributed by atoms with van der Waals surface area (Å²) in [6.45, 7) is 0. The summed E-state index contributed by atoms with van der Waals surface area (Å²) < 4.78 is 0. The van der Waals surface area contributed by atoms with Crippen molar-refractivity contribution < 1.29 is 0 Å². The molecule has 0 bridgehead atoms. The SMILES string of the molecule is c1ccc(-c2ccc3cccc4c3c2-c2ccccc2-4)cc1. The number of fused-ring (bicyclic) bond motifs is 3. The van der Waals surface area contributed by atoms with Gasteiger partial charge in [0.15, 0.2) is 0 Å². The molecule has 0 fully saturated rings. The third-order valence-electron chi connectivity index (χ3n) is 4.62. The van der Waals surface area contributed by atoms with Crippen molar-refractivity contribution in [1.29, 1.82) is 0 Å². The molecule has 0 nitrogen and oxygen atoms in total. The molecular formula is C22H14. The average molecular weight is 278 g/mol. The van der Waals surface area contributed by atoms with Gasteiger partial charge < -0.3 is 0 Å². The van der Waals surface area contributed by atoms with Gasteiger partial charge in [-0.25, -0.2) is 0 Å². The van der Waals surface area contributed by atoms with Crippen LogP contribution >= 0.6 is 0 Å². The molecule has 0 aliphatic heterocycles. The molecule has 0 unspecified atom stereocenters. The summed E-state index contributed by atoms with van der Waals surface area (Å²) in [5, 5.41) is 2.72. The third kappa shape index (κ3) is 1.47. The van der Waals surface area contributed by atoms with Gasteiger partial charge in [0.2, 0.25) is 0 Å². The van der Waals surface area contributed by atoms with Crippen LogP contribution in [-0.4, -0.2) is 0 Å². The zero-order valence-electron chi connectivity index (χ0n) is 12.1. The van der Waals surface area contributed by atoms with Crippen molar-refractivity contribution in [2.24, 2.45) is 0 Å². The lowest BCUT2D eigenvalue weighted by atomic mass is 9.93. The van der Waals surface area contributed by atoms with Crippen LogP contribution in [0.25, 0.3) is 44.2 Å². The van der Waals surface area contributed by atoms with Crippen LogP contribution in [0.2, 0.25) is 0 Å². The van der Waals surface area contributed by atoms with Crippen LogP contribution < -0.4 is 0 Å². The van der Waals surface area contributed by atoms with Crippen molar-refractivity contribution in [2.75, 3.05) is 0 Å². The maximum Gasteiger partial charge on any atom is -0.00143 e. The topological polar surface area (TPSA) is 0 Å². The Morgan fingerprint density at radius 1 is 0.409 bits per heavy atom. The quantitative estimate of drug-likeness (QED) is 0.345. The molecule has 102 valence electrons. The lowest BCUT2D eigenvalue weighted by Gasteiger charge is -2.10. The summed E-state index contributed by atoms with van der Waals surface area (Å²) in [6, 6.07) is 30.6. The molecule has 0 radical (unpaired) electrons. The minimum Gasteiger partial charge on any atom is -0.0622 e. The Labute approximate surface area is 129 Å². The van der Waals surface area contributed by atoms with Crippen molar-refractivity contribution in [2.45, 2.75) is 0 Å². The highest BCUT2D eigenvalue weighted by Gasteiger charge is 2.23. The summed E-state index contributed by atoms with van der Waals surface area (Å²) in [6.07, 6.45) is 0. The molecular weight excluding hydrogens is 264 g/mol. The van der Waals surface area contributed by atoms with Crippen molar-refractivity contribution in [3.8, 4) is 33.4 Å². The van der Waals surface area contributed by atoms with Gasteiger partial charge in [-0.05, 0) is 44.2 Å². The van der Waals surface area contributed by atoms with E-state index in [0.717, 1.165) is 0 Å². The molecule has 0 atom stereocenters. The normalized spacial score (nSPS) is 11.6. The molecule has 0 spiro atoms. The van der Waals surface area contributed by atoms with Crippen molar-refractivity contribution >= 4 is 10.8 Å². The fourth-order valence-electron chi connectivity index (χ4n) is 3.68. The van der Waals surface area contributed by atoms with Crippen LogP contribution in [0.3, 0.4) is 0 Å².